The molecule has 1 aromatic heterocycles. The van der Waals surface area contributed by atoms with E-state index < -0.39 is 0 Å². The van der Waals surface area contributed by atoms with Crippen molar-refractivity contribution in [2.75, 3.05) is 13.1 Å². The Bertz CT molecular complexity index is 387. The molecule has 1 fully saturated rings. The summed E-state index contributed by atoms with van der Waals surface area (Å²) in [5.41, 5.74) is 2.02. The van der Waals surface area contributed by atoms with Gasteiger partial charge in [-0.1, -0.05) is 16.9 Å². The molecule has 0 radical (unpaired) electrons. The van der Waals surface area contributed by atoms with Crippen molar-refractivity contribution in [3.63, 3.8) is 0 Å². The van der Waals surface area contributed by atoms with Gasteiger partial charge in [-0.05, 0) is 24.6 Å². The van der Waals surface area contributed by atoms with E-state index in [1.807, 2.05) is 12.1 Å². The molecule has 0 spiro atoms. The van der Waals surface area contributed by atoms with Gasteiger partial charge in [0.15, 0.2) is 5.12 Å². The minimum absolute atomic E-state index is 0.165. The minimum Gasteiger partial charge on any atom is -0.364 e. The van der Waals surface area contributed by atoms with E-state index >= 15 is 0 Å². The first kappa shape index (κ1) is 11.4. The second kappa shape index (κ2) is 5.32. The van der Waals surface area contributed by atoms with Crippen LogP contribution in [0.3, 0.4) is 0 Å². The van der Waals surface area contributed by atoms with Crippen LogP contribution in [-0.2, 0) is 4.79 Å². The van der Waals surface area contributed by atoms with Crippen LogP contribution in [0.25, 0.3) is 6.08 Å². The van der Waals surface area contributed by atoms with Crippen molar-refractivity contribution >= 4 is 23.0 Å². The van der Waals surface area contributed by atoms with Gasteiger partial charge in [0.2, 0.25) is 0 Å². The maximum atomic E-state index is 11.1. The van der Waals surface area contributed by atoms with Gasteiger partial charge in [-0.15, -0.1) is 0 Å². The number of rotatable bonds is 2. The van der Waals surface area contributed by atoms with Crippen LogP contribution in [0.5, 0.6) is 0 Å². The third-order valence-corrected chi connectivity index (χ3v) is 3.58. The molecular formula is C11H14N2O2S. The molecule has 5 heteroatoms. The molecule has 2 rings (SSSR count). The molecule has 1 N–H and O–H groups in total. The average Bonchev–Trinajstić information content (AvgIpc) is 2.73. The van der Waals surface area contributed by atoms with Gasteiger partial charge in [-0.25, -0.2) is 0 Å². The fourth-order valence-corrected chi connectivity index (χ4v) is 2.67. The van der Waals surface area contributed by atoms with Gasteiger partial charge < -0.3 is 9.84 Å². The van der Waals surface area contributed by atoms with E-state index in [2.05, 4.69) is 10.5 Å². The molecular weight excluding hydrogens is 224 g/mol. The highest BCUT2D eigenvalue weighted by molar-refractivity contribution is 8.14. The van der Waals surface area contributed by atoms with E-state index in [0.717, 1.165) is 25.2 Å². The van der Waals surface area contributed by atoms with Crippen LogP contribution in [0.4, 0.5) is 0 Å². The molecule has 0 bridgehead atoms. The van der Waals surface area contributed by atoms with Crippen LogP contribution in [0.2, 0.25) is 0 Å². The molecule has 0 amide bonds. The number of nitrogens with zero attached hydrogens (tertiary/aromatic N) is 1. The van der Waals surface area contributed by atoms with Crippen molar-refractivity contribution < 1.29 is 9.32 Å². The summed E-state index contributed by atoms with van der Waals surface area (Å²) in [6, 6.07) is 1.82. The summed E-state index contributed by atoms with van der Waals surface area (Å²) in [6.07, 6.45) is 4.53. The number of nitrogens with one attached hydrogen (secondary N) is 1. The molecule has 1 saturated heterocycles. The van der Waals surface area contributed by atoms with E-state index in [-0.39, 0.29) is 10.4 Å². The van der Waals surface area contributed by atoms with Crippen LogP contribution < -0.4 is 5.32 Å². The first-order valence-electron chi connectivity index (χ1n) is 5.24. The van der Waals surface area contributed by atoms with E-state index in [1.165, 1.54) is 17.3 Å². The van der Waals surface area contributed by atoms with Crippen molar-refractivity contribution in [1.29, 1.82) is 0 Å². The van der Waals surface area contributed by atoms with Crippen LogP contribution in [0.1, 0.15) is 19.0 Å². The third-order valence-electron chi connectivity index (χ3n) is 2.43. The number of hydrogen-bond acceptors (Lipinski definition) is 5. The Hall–Kier alpha value is -1.07. The highest BCUT2D eigenvalue weighted by Crippen LogP contribution is 2.26. The fourth-order valence-electron chi connectivity index (χ4n) is 1.73. The Morgan fingerprint density at radius 1 is 1.75 bits per heavy atom. The first-order chi connectivity index (χ1) is 7.75. The van der Waals surface area contributed by atoms with Crippen LogP contribution in [0, 0.1) is 0 Å². The number of carbonyl (C=O) groups is 1. The summed E-state index contributed by atoms with van der Waals surface area (Å²) >= 11 is 1.40. The molecule has 0 saturated carbocycles. The Morgan fingerprint density at radius 3 is 3.31 bits per heavy atom. The Kier molecular flexibility index (Phi) is 3.79. The first-order valence-corrected chi connectivity index (χ1v) is 6.12. The summed E-state index contributed by atoms with van der Waals surface area (Å²) in [7, 11) is 0. The van der Waals surface area contributed by atoms with Gasteiger partial charge in [0.05, 0.1) is 0 Å². The summed E-state index contributed by atoms with van der Waals surface area (Å²) in [6.45, 7) is 3.39. The summed E-state index contributed by atoms with van der Waals surface area (Å²) in [4.78, 5) is 11.1. The maximum Gasteiger partial charge on any atom is 0.186 e. The number of carbonyl (C=O) groups excluding carboxylic acids is 1. The summed E-state index contributed by atoms with van der Waals surface area (Å²) < 4.78 is 4.78. The van der Waals surface area contributed by atoms with Gasteiger partial charge in [0.25, 0.3) is 0 Å². The smallest absolute Gasteiger partial charge is 0.186 e. The lowest BCUT2D eigenvalue weighted by atomic mass is 10.0. The quantitative estimate of drug-likeness (QED) is 0.850. The molecule has 1 atom stereocenters. The number of hydrogen-bond donors (Lipinski definition) is 1. The topological polar surface area (TPSA) is 55.1 Å². The Morgan fingerprint density at radius 2 is 2.62 bits per heavy atom. The third kappa shape index (κ3) is 2.96. The second-order valence-electron chi connectivity index (χ2n) is 3.71. The lowest BCUT2D eigenvalue weighted by Gasteiger charge is -2.24. The second-order valence-corrected chi connectivity index (χ2v) is 5.09. The Labute approximate surface area is 98.5 Å². The molecule has 1 aromatic rings. The standard InChI is InChI=1S/C11H14N2O2S/c1-8(14)16-11-2-4-12-7-9(11)6-10-3-5-15-13-10/h3,5-6,11-12H,2,4,7H2,1H3. The van der Waals surface area contributed by atoms with E-state index in [1.54, 1.807) is 13.2 Å². The largest absolute Gasteiger partial charge is 0.364 e. The monoisotopic (exact) mass is 238 g/mol. The SMILES string of the molecule is CC(=O)SC1CCNCC1=Cc1ccon1. The zero-order valence-corrected chi connectivity index (χ0v) is 9.92. The van der Waals surface area contributed by atoms with E-state index in [4.69, 9.17) is 4.52 Å². The van der Waals surface area contributed by atoms with E-state index in [9.17, 15) is 4.79 Å². The van der Waals surface area contributed by atoms with Crippen molar-refractivity contribution in [3.05, 3.63) is 23.6 Å². The fraction of sp³-hybridized carbons (Fsp3) is 0.455. The van der Waals surface area contributed by atoms with Crippen LogP contribution in [-0.4, -0.2) is 28.6 Å². The van der Waals surface area contributed by atoms with Crippen molar-refractivity contribution in [3.8, 4) is 0 Å². The molecule has 0 aliphatic carbocycles. The van der Waals surface area contributed by atoms with Gasteiger partial charge in [-0.3, -0.25) is 4.79 Å². The van der Waals surface area contributed by atoms with Crippen molar-refractivity contribution in [2.24, 2.45) is 0 Å². The zero-order chi connectivity index (χ0) is 11.4. The van der Waals surface area contributed by atoms with Crippen LogP contribution in [0.15, 0.2) is 22.4 Å². The Balaban J connectivity index is 2.12. The molecule has 16 heavy (non-hydrogen) atoms. The highest BCUT2D eigenvalue weighted by atomic mass is 32.2. The lowest BCUT2D eigenvalue weighted by molar-refractivity contribution is -0.109. The molecule has 4 nitrogen and oxygen atoms in total. The lowest BCUT2D eigenvalue weighted by Crippen LogP contribution is -2.32. The van der Waals surface area contributed by atoms with Crippen LogP contribution >= 0.6 is 11.8 Å². The molecule has 86 valence electrons. The molecule has 2 heterocycles. The van der Waals surface area contributed by atoms with Gasteiger partial charge in [0.1, 0.15) is 12.0 Å². The average molecular weight is 238 g/mol. The summed E-state index contributed by atoms with van der Waals surface area (Å²) in [5, 5.41) is 7.59. The van der Waals surface area contributed by atoms with Crippen molar-refractivity contribution in [1.82, 2.24) is 10.5 Å². The molecule has 0 aromatic carbocycles. The molecule has 1 aliphatic heterocycles. The molecule has 1 unspecified atom stereocenters. The number of aromatic nitrogens is 1. The van der Waals surface area contributed by atoms with Gasteiger partial charge in [-0.2, -0.15) is 0 Å². The van der Waals surface area contributed by atoms with Gasteiger partial charge >= 0.3 is 0 Å². The summed E-state index contributed by atoms with van der Waals surface area (Å²) in [5.74, 6) is 0. The normalized spacial score (nSPS) is 23.6. The number of piperidine rings is 1. The zero-order valence-electron chi connectivity index (χ0n) is 9.10. The van der Waals surface area contributed by atoms with Gasteiger partial charge in [0, 0.05) is 24.8 Å². The predicted molar refractivity (Wildman–Crippen MR) is 64.0 cm³/mol. The molecule has 1 aliphatic rings. The number of thioether (sulfide) groups is 1. The predicted octanol–water partition coefficient (Wildman–Crippen LogP) is 1.70. The minimum atomic E-state index is 0.165. The van der Waals surface area contributed by atoms with E-state index in [0.29, 0.717) is 0 Å². The maximum absolute atomic E-state index is 11.1. The van der Waals surface area contributed by atoms with Crippen molar-refractivity contribution in [2.45, 2.75) is 18.6 Å². The highest BCUT2D eigenvalue weighted by Gasteiger charge is 2.20.